The molecule has 0 bridgehead atoms. The van der Waals surface area contributed by atoms with Crippen molar-refractivity contribution in [2.75, 3.05) is 52.5 Å². The molecule has 2 fully saturated rings. The average Bonchev–Trinajstić information content (AvgIpc) is 2.67. The highest BCUT2D eigenvalue weighted by atomic mass is 16.5. The van der Waals surface area contributed by atoms with Crippen LogP contribution in [-0.2, 0) is 14.3 Å². The van der Waals surface area contributed by atoms with E-state index in [4.69, 9.17) is 4.74 Å². The van der Waals surface area contributed by atoms with Gasteiger partial charge in [-0.05, 0) is 6.42 Å². The summed E-state index contributed by atoms with van der Waals surface area (Å²) in [5, 5.41) is 3.16. The minimum absolute atomic E-state index is 0.367. The van der Waals surface area contributed by atoms with Crippen molar-refractivity contribution in [2.45, 2.75) is 6.42 Å². The van der Waals surface area contributed by atoms with Gasteiger partial charge in [0.2, 0.25) is 0 Å². The van der Waals surface area contributed by atoms with Crippen molar-refractivity contribution >= 4 is 11.8 Å². The molecule has 0 aromatic heterocycles. The van der Waals surface area contributed by atoms with Gasteiger partial charge in [0.25, 0.3) is 0 Å². The topological polar surface area (TPSA) is 61.9 Å². The minimum Gasteiger partial charge on any atom is -0.380 e. The van der Waals surface area contributed by atoms with Gasteiger partial charge < -0.3 is 19.9 Å². The maximum absolute atomic E-state index is 12.0. The Bertz CT molecular complexity index is 282. The van der Waals surface area contributed by atoms with Gasteiger partial charge in [-0.15, -0.1) is 0 Å². The monoisotopic (exact) mass is 241 g/mol. The van der Waals surface area contributed by atoms with Crippen LogP contribution in [0.3, 0.4) is 0 Å². The van der Waals surface area contributed by atoms with Crippen LogP contribution in [-0.4, -0.2) is 74.1 Å². The summed E-state index contributed by atoms with van der Waals surface area (Å²) >= 11 is 0. The van der Waals surface area contributed by atoms with E-state index >= 15 is 0 Å². The highest BCUT2D eigenvalue weighted by molar-refractivity contribution is 6.34. The van der Waals surface area contributed by atoms with Crippen molar-refractivity contribution in [3.63, 3.8) is 0 Å². The summed E-state index contributed by atoms with van der Waals surface area (Å²) in [7, 11) is 0. The second kappa shape index (κ2) is 5.97. The van der Waals surface area contributed by atoms with Crippen molar-refractivity contribution in [1.29, 1.82) is 0 Å². The molecule has 2 aliphatic rings. The highest BCUT2D eigenvalue weighted by Crippen LogP contribution is 2.03. The summed E-state index contributed by atoms with van der Waals surface area (Å²) in [5.74, 6) is -0.745. The van der Waals surface area contributed by atoms with Gasteiger partial charge in [-0.25, -0.2) is 0 Å². The molecule has 0 aromatic rings. The third-order valence-corrected chi connectivity index (χ3v) is 3.10. The normalized spacial score (nSPS) is 22.1. The van der Waals surface area contributed by atoms with Crippen LogP contribution < -0.4 is 5.32 Å². The second-order valence-corrected chi connectivity index (χ2v) is 4.30. The first-order chi connectivity index (χ1) is 8.29. The van der Waals surface area contributed by atoms with Crippen LogP contribution in [0.25, 0.3) is 0 Å². The van der Waals surface area contributed by atoms with Gasteiger partial charge >= 0.3 is 11.8 Å². The van der Waals surface area contributed by atoms with Crippen molar-refractivity contribution < 1.29 is 14.3 Å². The molecule has 0 unspecified atom stereocenters. The number of carbonyl (C=O) groups is 2. The van der Waals surface area contributed by atoms with Crippen molar-refractivity contribution in [3.8, 4) is 0 Å². The average molecular weight is 241 g/mol. The largest absolute Gasteiger partial charge is 0.380 e. The highest BCUT2D eigenvalue weighted by Gasteiger charge is 2.28. The van der Waals surface area contributed by atoms with Crippen LogP contribution in [0.4, 0.5) is 0 Å². The first-order valence-corrected chi connectivity index (χ1v) is 6.15. The van der Waals surface area contributed by atoms with Crippen LogP contribution in [0.2, 0.25) is 0 Å². The lowest BCUT2D eigenvalue weighted by Crippen LogP contribution is -2.52. The molecule has 0 aromatic carbocycles. The molecule has 0 saturated carbocycles. The van der Waals surface area contributed by atoms with Gasteiger partial charge in [-0.3, -0.25) is 9.59 Å². The third-order valence-electron chi connectivity index (χ3n) is 3.10. The second-order valence-electron chi connectivity index (χ2n) is 4.30. The summed E-state index contributed by atoms with van der Waals surface area (Å²) in [6.45, 7) is 5.12. The number of hydrogen-bond acceptors (Lipinski definition) is 4. The first-order valence-electron chi connectivity index (χ1n) is 6.15. The summed E-state index contributed by atoms with van der Waals surface area (Å²) in [4.78, 5) is 27.2. The zero-order valence-corrected chi connectivity index (χ0v) is 9.98. The maximum Gasteiger partial charge on any atom is 0.312 e. The van der Waals surface area contributed by atoms with E-state index < -0.39 is 0 Å². The van der Waals surface area contributed by atoms with E-state index in [2.05, 4.69) is 5.32 Å². The Morgan fingerprint density at radius 1 is 0.882 bits per heavy atom. The van der Waals surface area contributed by atoms with Crippen LogP contribution in [0, 0.1) is 0 Å². The van der Waals surface area contributed by atoms with Gasteiger partial charge in [0.05, 0.1) is 6.61 Å². The maximum atomic E-state index is 12.0. The van der Waals surface area contributed by atoms with Crippen molar-refractivity contribution in [1.82, 2.24) is 15.1 Å². The molecule has 1 N–H and O–H groups in total. The summed E-state index contributed by atoms with van der Waals surface area (Å²) in [5.41, 5.74) is 0. The molecule has 0 aliphatic carbocycles. The van der Waals surface area contributed by atoms with E-state index in [1.807, 2.05) is 0 Å². The Morgan fingerprint density at radius 2 is 1.53 bits per heavy atom. The summed E-state index contributed by atoms with van der Waals surface area (Å²) in [6, 6.07) is 0. The zero-order valence-electron chi connectivity index (χ0n) is 9.98. The molecular weight excluding hydrogens is 222 g/mol. The smallest absolute Gasteiger partial charge is 0.312 e. The number of nitrogens with zero attached hydrogens (tertiary/aromatic N) is 2. The molecule has 2 heterocycles. The fourth-order valence-electron chi connectivity index (χ4n) is 2.09. The predicted molar refractivity (Wildman–Crippen MR) is 61.5 cm³/mol. The number of piperazine rings is 1. The molecule has 0 radical (unpaired) electrons. The zero-order chi connectivity index (χ0) is 12.1. The van der Waals surface area contributed by atoms with Gasteiger partial charge in [-0.2, -0.15) is 0 Å². The summed E-state index contributed by atoms with van der Waals surface area (Å²) in [6.07, 6.45) is 0.806. The lowest BCUT2D eigenvalue weighted by atomic mass is 10.3. The van der Waals surface area contributed by atoms with Crippen LogP contribution in [0.15, 0.2) is 0 Å². The number of rotatable bonds is 0. The van der Waals surface area contributed by atoms with E-state index in [1.165, 1.54) is 0 Å². The molecule has 2 amide bonds. The van der Waals surface area contributed by atoms with Gasteiger partial charge in [0, 0.05) is 45.9 Å². The SMILES string of the molecule is O=C(C(=O)N1CCCOCC1)N1CCNCC1. The molecule has 0 spiro atoms. The number of ether oxygens (including phenoxy) is 1. The quantitative estimate of drug-likeness (QED) is 0.534. The standard InChI is InChI=1S/C11H19N3O3/c15-10(13-4-1-8-17-9-7-13)11(16)14-5-2-12-3-6-14/h12H,1-9H2. The summed E-state index contributed by atoms with van der Waals surface area (Å²) < 4.78 is 5.27. The molecule has 2 rings (SSSR count). The molecule has 2 aliphatic heterocycles. The van der Waals surface area contributed by atoms with E-state index in [0.717, 1.165) is 19.5 Å². The number of hydrogen-bond donors (Lipinski definition) is 1. The Kier molecular flexibility index (Phi) is 4.33. The first kappa shape index (κ1) is 12.3. The number of nitrogens with one attached hydrogen (secondary N) is 1. The fourth-order valence-corrected chi connectivity index (χ4v) is 2.09. The number of carbonyl (C=O) groups excluding carboxylic acids is 2. The Hall–Kier alpha value is -1.14. The predicted octanol–water partition coefficient (Wildman–Crippen LogP) is -1.33. The molecule has 2 saturated heterocycles. The molecule has 6 nitrogen and oxygen atoms in total. The van der Waals surface area contributed by atoms with Gasteiger partial charge in [0.15, 0.2) is 0 Å². The fraction of sp³-hybridized carbons (Fsp3) is 0.818. The molecular formula is C11H19N3O3. The lowest BCUT2D eigenvalue weighted by molar-refractivity contribution is -0.152. The van der Waals surface area contributed by atoms with Crippen LogP contribution in [0.1, 0.15) is 6.42 Å². The van der Waals surface area contributed by atoms with E-state index in [0.29, 0.717) is 39.4 Å². The Balaban J connectivity index is 1.90. The van der Waals surface area contributed by atoms with Gasteiger partial charge in [0.1, 0.15) is 0 Å². The van der Waals surface area contributed by atoms with E-state index in [-0.39, 0.29) is 11.8 Å². The molecule has 6 heteroatoms. The van der Waals surface area contributed by atoms with E-state index in [9.17, 15) is 9.59 Å². The molecule has 96 valence electrons. The van der Waals surface area contributed by atoms with Gasteiger partial charge in [-0.1, -0.05) is 0 Å². The molecule has 17 heavy (non-hydrogen) atoms. The molecule has 0 atom stereocenters. The van der Waals surface area contributed by atoms with Crippen LogP contribution >= 0.6 is 0 Å². The van der Waals surface area contributed by atoms with E-state index in [1.54, 1.807) is 9.80 Å². The minimum atomic E-state index is -0.377. The Morgan fingerprint density at radius 3 is 2.24 bits per heavy atom. The lowest BCUT2D eigenvalue weighted by Gasteiger charge is -2.29. The van der Waals surface area contributed by atoms with Crippen molar-refractivity contribution in [2.24, 2.45) is 0 Å². The van der Waals surface area contributed by atoms with Crippen molar-refractivity contribution in [3.05, 3.63) is 0 Å². The van der Waals surface area contributed by atoms with Crippen LogP contribution in [0.5, 0.6) is 0 Å². The number of amides is 2. The third kappa shape index (κ3) is 3.17. The Labute approximate surface area is 101 Å².